The van der Waals surface area contributed by atoms with Gasteiger partial charge in [-0.3, -0.25) is 0 Å². The molecule has 0 bridgehead atoms. The molecule has 0 aromatic heterocycles. The van der Waals surface area contributed by atoms with E-state index >= 15 is 0 Å². The van der Waals surface area contributed by atoms with Gasteiger partial charge in [0.2, 0.25) is 0 Å². The number of methoxy groups -OCH3 is 2. The van der Waals surface area contributed by atoms with Crippen molar-refractivity contribution < 1.29 is 9.47 Å². The van der Waals surface area contributed by atoms with E-state index in [2.05, 4.69) is 16.3 Å². The highest BCUT2D eigenvalue weighted by Gasteiger charge is 2.34. The van der Waals surface area contributed by atoms with E-state index in [4.69, 9.17) is 9.47 Å². The molecule has 1 saturated carbocycles. The zero-order chi connectivity index (χ0) is 13.9. The zero-order valence-corrected chi connectivity index (χ0v) is 12.4. The maximum absolute atomic E-state index is 5.56. The van der Waals surface area contributed by atoms with E-state index in [1.54, 1.807) is 14.2 Å². The summed E-state index contributed by atoms with van der Waals surface area (Å²) in [6, 6.07) is 7.28. The van der Waals surface area contributed by atoms with Crippen molar-refractivity contribution in [1.82, 2.24) is 5.32 Å². The third-order valence-electron chi connectivity index (χ3n) is 4.58. The molecule has 1 aliphatic carbocycles. The Hall–Kier alpha value is -1.42. The number of hydrogen-bond donors (Lipinski definition) is 1. The van der Waals surface area contributed by atoms with Crippen molar-refractivity contribution >= 4 is 5.69 Å². The SMILES string of the molecule is COc1ccc(OC)c(N2CCN[C@H]3CCCC[C@@H]32)c1. The van der Waals surface area contributed by atoms with Gasteiger partial charge in [0.05, 0.1) is 19.9 Å². The van der Waals surface area contributed by atoms with Crippen molar-refractivity contribution in [1.29, 1.82) is 0 Å². The zero-order valence-electron chi connectivity index (χ0n) is 12.4. The lowest BCUT2D eigenvalue weighted by Gasteiger charge is -2.46. The molecule has 0 spiro atoms. The highest BCUT2D eigenvalue weighted by molar-refractivity contribution is 5.62. The highest BCUT2D eigenvalue weighted by Crippen LogP contribution is 2.37. The Balaban J connectivity index is 1.93. The number of hydrogen-bond acceptors (Lipinski definition) is 4. The monoisotopic (exact) mass is 276 g/mol. The van der Waals surface area contributed by atoms with E-state index in [9.17, 15) is 0 Å². The average molecular weight is 276 g/mol. The number of nitrogens with zero attached hydrogens (tertiary/aromatic N) is 1. The van der Waals surface area contributed by atoms with Crippen molar-refractivity contribution in [3.8, 4) is 11.5 Å². The average Bonchev–Trinajstić information content (AvgIpc) is 2.53. The molecular weight excluding hydrogens is 252 g/mol. The molecule has 1 aromatic carbocycles. The van der Waals surface area contributed by atoms with Crippen molar-refractivity contribution in [2.24, 2.45) is 0 Å². The van der Waals surface area contributed by atoms with Crippen LogP contribution in [0.15, 0.2) is 18.2 Å². The van der Waals surface area contributed by atoms with Crippen LogP contribution in [0.4, 0.5) is 5.69 Å². The summed E-state index contributed by atoms with van der Waals surface area (Å²) < 4.78 is 10.9. The van der Waals surface area contributed by atoms with Gasteiger partial charge in [0.1, 0.15) is 11.5 Å². The van der Waals surface area contributed by atoms with Crippen LogP contribution in [0, 0.1) is 0 Å². The summed E-state index contributed by atoms with van der Waals surface area (Å²) in [5, 5.41) is 3.67. The van der Waals surface area contributed by atoms with Gasteiger partial charge in [-0.2, -0.15) is 0 Å². The number of piperazine rings is 1. The van der Waals surface area contributed by atoms with Gasteiger partial charge in [-0.05, 0) is 25.0 Å². The summed E-state index contributed by atoms with van der Waals surface area (Å²) in [5.74, 6) is 1.84. The van der Waals surface area contributed by atoms with E-state index < -0.39 is 0 Å². The second-order valence-corrected chi connectivity index (χ2v) is 5.64. The van der Waals surface area contributed by atoms with Gasteiger partial charge in [-0.15, -0.1) is 0 Å². The van der Waals surface area contributed by atoms with Gasteiger partial charge in [0.15, 0.2) is 0 Å². The molecule has 1 saturated heterocycles. The molecule has 20 heavy (non-hydrogen) atoms. The summed E-state index contributed by atoms with van der Waals surface area (Å²) in [4.78, 5) is 2.52. The minimum atomic E-state index is 0.582. The standard InChI is InChI=1S/C16H24N2O2/c1-19-12-7-8-16(20-2)15(11-12)18-10-9-17-13-5-3-4-6-14(13)18/h7-8,11,13-14,17H,3-6,9-10H2,1-2H3/t13-,14-/m0/s1. The second-order valence-electron chi connectivity index (χ2n) is 5.64. The molecule has 2 atom stereocenters. The minimum absolute atomic E-state index is 0.582. The van der Waals surface area contributed by atoms with Crippen LogP contribution in [0.3, 0.4) is 0 Å². The molecule has 1 N–H and O–H groups in total. The predicted octanol–water partition coefficient (Wildman–Crippen LogP) is 2.42. The van der Waals surface area contributed by atoms with E-state index in [-0.39, 0.29) is 0 Å². The Labute approximate surface area is 121 Å². The number of rotatable bonds is 3. The molecule has 2 fully saturated rings. The van der Waals surface area contributed by atoms with E-state index in [0.29, 0.717) is 12.1 Å². The summed E-state index contributed by atoms with van der Waals surface area (Å²) in [7, 11) is 3.46. The van der Waals surface area contributed by atoms with Crippen LogP contribution < -0.4 is 19.7 Å². The first-order chi connectivity index (χ1) is 9.83. The molecule has 2 aliphatic rings. The Morgan fingerprint density at radius 1 is 1.15 bits per heavy atom. The van der Waals surface area contributed by atoms with Crippen LogP contribution in [0.2, 0.25) is 0 Å². The first-order valence-corrected chi connectivity index (χ1v) is 7.55. The van der Waals surface area contributed by atoms with Gasteiger partial charge in [-0.25, -0.2) is 0 Å². The third-order valence-corrected chi connectivity index (χ3v) is 4.58. The van der Waals surface area contributed by atoms with Crippen molar-refractivity contribution in [3.05, 3.63) is 18.2 Å². The first kappa shape index (κ1) is 13.6. The minimum Gasteiger partial charge on any atom is -0.497 e. The van der Waals surface area contributed by atoms with Crippen molar-refractivity contribution in [3.63, 3.8) is 0 Å². The van der Waals surface area contributed by atoms with Crippen LogP contribution in [-0.2, 0) is 0 Å². The van der Waals surface area contributed by atoms with Crippen molar-refractivity contribution in [2.45, 2.75) is 37.8 Å². The molecule has 1 heterocycles. The van der Waals surface area contributed by atoms with Gasteiger partial charge < -0.3 is 19.7 Å². The molecule has 1 aliphatic heterocycles. The smallest absolute Gasteiger partial charge is 0.142 e. The normalized spacial score (nSPS) is 26.0. The summed E-state index contributed by atoms with van der Waals surface area (Å²) >= 11 is 0. The number of nitrogens with one attached hydrogen (secondary N) is 1. The fourth-order valence-electron chi connectivity index (χ4n) is 3.58. The topological polar surface area (TPSA) is 33.7 Å². The number of benzene rings is 1. The molecule has 4 nitrogen and oxygen atoms in total. The number of ether oxygens (including phenoxy) is 2. The maximum atomic E-state index is 5.56. The fourth-order valence-corrected chi connectivity index (χ4v) is 3.58. The van der Waals surface area contributed by atoms with Crippen LogP contribution in [0.1, 0.15) is 25.7 Å². The predicted molar refractivity (Wildman–Crippen MR) is 80.9 cm³/mol. The molecule has 4 heteroatoms. The lowest BCUT2D eigenvalue weighted by molar-refractivity contribution is 0.282. The largest absolute Gasteiger partial charge is 0.497 e. The molecule has 0 unspecified atom stereocenters. The Bertz CT molecular complexity index is 462. The Kier molecular flexibility index (Phi) is 4.01. The van der Waals surface area contributed by atoms with Crippen LogP contribution in [0.5, 0.6) is 11.5 Å². The lowest BCUT2D eigenvalue weighted by atomic mass is 9.87. The van der Waals surface area contributed by atoms with Crippen LogP contribution >= 0.6 is 0 Å². The highest BCUT2D eigenvalue weighted by atomic mass is 16.5. The van der Waals surface area contributed by atoms with Gasteiger partial charge in [-0.1, -0.05) is 12.8 Å². The Morgan fingerprint density at radius 3 is 2.80 bits per heavy atom. The number of anilines is 1. The molecule has 110 valence electrons. The summed E-state index contributed by atoms with van der Waals surface area (Å²) in [6.07, 6.45) is 5.22. The van der Waals surface area contributed by atoms with Crippen LogP contribution in [0.25, 0.3) is 0 Å². The third kappa shape index (κ3) is 2.44. The lowest BCUT2D eigenvalue weighted by Crippen LogP contribution is -2.59. The maximum Gasteiger partial charge on any atom is 0.142 e. The first-order valence-electron chi connectivity index (χ1n) is 7.55. The molecule has 0 amide bonds. The van der Waals surface area contributed by atoms with E-state index in [0.717, 1.165) is 24.6 Å². The molecule has 3 rings (SSSR count). The van der Waals surface area contributed by atoms with Gasteiger partial charge in [0, 0.05) is 31.2 Å². The number of fused-ring (bicyclic) bond motifs is 1. The summed E-state index contributed by atoms with van der Waals surface area (Å²) in [6.45, 7) is 2.08. The molecular formula is C16H24N2O2. The summed E-state index contributed by atoms with van der Waals surface area (Å²) in [5.41, 5.74) is 1.17. The van der Waals surface area contributed by atoms with E-state index in [1.165, 1.54) is 31.4 Å². The van der Waals surface area contributed by atoms with Crippen LogP contribution in [-0.4, -0.2) is 39.4 Å². The van der Waals surface area contributed by atoms with Gasteiger partial charge >= 0.3 is 0 Å². The quantitative estimate of drug-likeness (QED) is 0.919. The molecule has 0 radical (unpaired) electrons. The molecule has 1 aromatic rings. The van der Waals surface area contributed by atoms with E-state index in [1.807, 2.05) is 12.1 Å². The fraction of sp³-hybridized carbons (Fsp3) is 0.625. The van der Waals surface area contributed by atoms with Gasteiger partial charge in [0.25, 0.3) is 0 Å². The Morgan fingerprint density at radius 2 is 2.00 bits per heavy atom. The second kappa shape index (κ2) is 5.92. The van der Waals surface area contributed by atoms with Crippen molar-refractivity contribution in [2.75, 3.05) is 32.2 Å².